The van der Waals surface area contributed by atoms with Crippen molar-refractivity contribution in [3.05, 3.63) is 80.9 Å². The fourth-order valence-corrected chi connectivity index (χ4v) is 6.34. The van der Waals surface area contributed by atoms with E-state index >= 15 is 4.39 Å². The number of nitrogens with one attached hydrogen (secondary N) is 1. The Bertz CT molecular complexity index is 1720. The van der Waals surface area contributed by atoms with E-state index in [0.717, 1.165) is 24.1 Å². The monoisotopic (exact) mass is 542 g/mol. The molecular weight excluding hydrogens is 507 g/mol. The molecule has 0 saturated heterocycles. The number of carbonyl (C=O) groups is 1. The van der Waals surface area contributed by atoms with Gasteiger partial charge in [0.2, 0.25) is 0 Å². The maximum absolute atomic E-state index is 15.3. The highest BCUT2D eigenvalue weighted by atomic mass is 19.1. The zero-order chi connectivity index (χ0) is 28.5. The number of hydrogen-bond donors (Lipinski definition) is 1. The third-order valence-electron chi connectivity index (χ3n) is 8.33. The minimum atomic E-state index is -0.427. The van der Waals surface area contributed by atoms with Gasteiger partial charge < -0.3 is 19.4 Å². The molecular formula is C31H35FN6O2. The average Bonchev–Trinajstić information content (AvgIpc) is 3.50. The summed E-state index contributed by atoms with van der Waals surface area (Å²) < 4.78 is 20.6. The van der Waals surface area contributed by atoms with Gasteiger partial charge in [0.05, 0.1) is 5.69 Å². The fraction of sp³-hybridized carbons (Fsp3) is 0.387. The molecule has 0 spiro atoms. The number of carbonyl (C=O) groups excluding carboxylic acids is 1. The first-order valence-electron chi connectivity index (χ1n) is 13.8. The number of benzene rings is 1. The first-order valence-corrected chi connectivity index (χ1v) is 13.8. The fourth-order valence-electron chi connectivity index (χ4n) is 6.34. The van der Waals surface area contributed by atoms with Crippen LogP contribution in [0.1, 0.15) is 53.8 Å². The smallest absolute Gasteiger partial charge is 0.274 e. The van der Waals surface area contributed by atoms with Gasteiger partial charge >= 0.3 is 0 Å². The molecule has 4 heterocycles. The van der Waals surface area contributed by atoms with Gasteiger partial charge in [0, 0.05) is 56.4 Å². The summed E-state index contributed by atoms with van der Waals surface area (Å²) in [6, 6.07) is 8.59. The zero-order valence-electron chi connectivity index (χ0n) is 23.9. The summed E-state index contributed by atoms with van der Waals surface area (Å²) in [5.41, 5.74) is 7.26. The Balaban J connectivity index is 1.41. The van der Waals surface area contributed by atoms with Crippen LogP contribution in [-0.2, 0) is 39.9 Å². The molecule has 0 bridgehead atoms. The predicted octanol–water partition coefficient (Wildman–Crippen LogP) is 5.13. The molecule has 1 aliphatic carbocycles. The van der Waals surface area contributed by atoms with Gasteiger partial charge in [0.25, 0.3) is 11.5 Å². The van der Waals surface area contributed by atoms with Crippen molar-refractivity contribution in [2.75, 3.05) is 16.8 Å². The Morgan fingerprint density at radius 2 is 1.82 bits per heavy atom. The van der Waals surface area contributed by atoms with Crippen molar-refractivity contribution < 1.29 is 9.18 Å². The molecule has 1 aromatic carbocycles. The number of aryl methyl sites for hydroxylation is 3. The van der Waals surface area contributed by atoms with E-state index < -0.39 is 5.82 Å². The number of pyridine rings is 1. The molecule has 0 atom stereocenters. The van der Waals surface area contributed by atoms with Crippen molar-refractivity contribution >= 4 is 23.1 Å². The molecule has 8 nitrogen and oxygen atoms in total. The van der Waals surface area contributed by atoms with Crippen LogP contribution in [0.25, 0.3) is 11.1 Å². The van der Waals surface area contributed by atoms with Gasteiger partial charge in [-0.2, -0.15) is 5.10 Å². The van der Waals surface area contributed by atoms with Gasteiger partial charge in [-0.25, -0.2) is 4.39 Å². The van der Waals surface area contributed by atoms with Crippen LogP contribution < -0.4 is 15.8 Å². The maximum atomic E-state index is 15.3. The molecule has 0 unspecified atom stereocenters. The standard InChI is InChI=1S/C31H35FN6O2/c1-7-22-23(20-11-24(29(39)35(5)17-20)33-28-10-18(2)36(6)34-28)13-21(32)14-25(22)38-9-8-37-26(30(38)40)12-19-15-31(3,4)16-27(19)37/h10-14,17H,7-9,15-16H2,1-6H3,(H,33,34). The van der Waals surface area contributed by atoms with Crippen molar-refractivity contribution in [2.24, 2.45) is 19.5 Å². The molecule has 1 N–H and O–H groups in total. The van der Waals surface area contributed by atoms with Crippen molar-refractivity contribution in [1.29, 1.82) is 0 Å². The minimum absolute atomic E-state index is 0.0990. The highest BCUT2D eigenvalue weighted by molar-refractivity contribution is 6.07. The molecule has 208 valence electrons. The molecule has 2 aliphatic rings. The van der Waals surface area contributed by atoms with Gasteiger partial charge in [0.1, 0.15) is 17.2 Å². The lowest BCUT2D eigenvalue weighted by Gasteiger charge is -2.32. The van der Waals surface area contributed by atoms with Gasteiger partial charge in [-0.15, -0.1) is 0 Å². The topological polar surface area (TPSA) is 77.1 Å². The lowest BCUT2D eigenvalue weighted by Crippen LogP contribution is -2.41. The van der Waals surface area contributed by atoms with Crippen LogP contribution in [0.3, 0.4) is 0 Å². The molecule has 40 heavy (non-hydrogen) atoms. The number of aromatic nitrogens is 4. The third-order valence-corrected chi connectivity index (χ3v) is 8.33. The summed E-state index contributed by atoms with van der Waals surface area (Å²) in [6.07, 6.45) is 4.22. The maximum Gasteiger partial charge on any atom is 0.274 e. The highest BCUT2D eigenvalue weighted by Gasteiger charge is 2.37. The Kier molecular flexibility index (Phi) is 6.01. The van der Waals surface area contributed by atoms with Gasteiger partial charge in [-0.1, -0.05) is 20.8 Å². The second-order valence-corrected chi connectivity index (χ2v) is 11.9. The molecule has 4 aromatic rings. The van der Waals surface area contributed by atoms with E-state index in [1.165, 1.54) is 28.0 Å². The lowest BCUT2D eigenvalue weighted by atomic mass is 9.90. The summed E-state index contributed by atoms with van der Waals surface area (Å²) in [7, 11) is 3.51. The van der Waals surface area contributed by atoms with Crippen LogP contribution >= 0.6 is 0 Å². The van der Waals surface area contributed by atoms with Crippen LogP contribution in [-0.4, -0.2) is 31.4 Å². The normalized spacial score (nSPS) is 15.9. The lowest BCUT2D eigenvalue weighted by molar-refractivity contribution is 0.0964. The molecule has 0 radical (unpaired) electrons. The SMILES string of the molecule is CCc1c(-c2cc(Nc3cc(C)n(C)n3)c(=O)n(C)c2)cc(F)cc1N1CCn2c(cc3c2CC(C)(C)C3)C1=O. The van der Waals surface area contributed by atoms with Crippen LogP contribution in [0, 0.1) is 18.2 Å². The van der Waals surface area contributed by atoms with E-state index in [2.05, 4.69) is 28.8 Å². The van der Waals surface area contributed by atoms with Crippen LogP contribution in [0.5, 0.6) is 0 Å². The second kappa shape index (κ2) is 9.21. The van der Waals surface area contributed by atoms with E-state index in [1.807, 2.05) is 33.0 Å². The van der Waals surface area contributed by atoms with Gasteiger partial charge in [0.15, 0.2) is 5.82 Å². The van der Waals surface area contributed by atoms with Crippen molar-refractivity contribution in [1.82, 2.24) is 18.9 Å². The Labute approximate surface area is 233 Å². The molecule has 1 aliphatic heterocycles. The average molecular weight is 543 g/mol. The second-order valence-electron chi connectivity index (χ2n) is 11.9. The number of amides is 1. The highest BCUT2D eigenvalue weighted by Crippen LogP contribution is 2.41. The largest absolute Gasteiger partial charge is 0.339 e. The van der Waals surface area contributed by atoms with E-state index in [0.29, 0.717) is 53.5 Å². The summed E-state index contributed by atoms with van der Waals surface area (Å²) >= 11 is 0. The third kappa shape index (κ3) is 4.24. The quantitative estimate of drug-likeness (QED) is 0.380. The van der Waals surface area contributed by atoms with E-state index in [1.54, 1.807) is 28.9 Å². The molecule has 3 aromatic heterocycles. The van der Waals surface area contributed by atoms with Crippen LogP contribution in [0.15, 0.2) is 41.3 Å². The number of rotatable bonds is 5. The molecule has 6 rings (SSSR count). The summed E-state index contributed by atoms with van der Waals surface area (Å²) in [5.74, 6) is 0.0315. The summed E-state index contributed by atoms with van der Waals surface area (Å²) in [5, 5.41) is 7.54. The summed E-state index contributed by atoms with van der Waals surface area (Å²) in [4.78, 5) is 28.5. The van der Waals surface area contributed by atoms with Gasteiger partial charge in [-0.3, -0.25) is 14.3 Å². The Morgan fingerprint density at radius 1 is 1.05 bits per heavy atom. The van der Waals surface area contributed by atoms with Gasteiger partial charge in [-0.05, 0) is 72.6 Å². The molecule has 0 saturated carbocycles. The van der Waals surface area contributed by atoms with Crippen LogP contribution in [0.4, 0.5) is 21.6 Å². The first-order chi connectivity index (χ1) is 19.0. The number of anilines is 3. The molecule has 1 amide bonds. The number of hydrogen-bond acceptors (Lipinski definition) is 4. The van der Waals surface area contributed by atoms with Crippen LogP contribution in [0.2, 0.25) is 0 Å². The number of nitrogens with zero attached hydrogens (tertiary/aromatic N) is 5. The number of fused-ring (bicyclic) bond motifs is 3. The van der Waals surface area contributed by atoms with Crippen molar-refractivity contribution in [2.45, 2.75) is 53.5 Å². The van der Waals surface area contributed by atoms with Crippen molar-refractivity contribution in [3.8, 4) is 11.1 Å². The molecule has 0 fully saturated rings. The van der Waals surface area contributed by atoms with E-state index in [4.69, 9.17) is 0 Å². The first kappa shape index (κ1) is 26.1. The Morgan fingerprint density at radius 3 is 2.52 bits per heavy atom. The number of halogens is 1. The minimum Gasteiger partial charge on any atom is -0.339 e. The Hall–Kier alpha value is -4.14. The van der Waals surface area contributed by atoms with Crippen molar-refractivity contribution in [3.63, 3.8) is 0 Å². The zero-order valence-corrected chi connectivity index (χ0v) is 23.9. The predicted molar refractivity (Wildman–Crippen MR) is 155 cm³/mol. The van der Waals surface area contributed by atoms with E-state index in [-0.39, 0.29) is 16.9 Å². The molecule has 9 heteroatoms. The summed E-state index contributed by atoms with van der Waals surface area (Å²) in [6.45, 7) is 9.61. The van der Waals surface area contributed by atoms with E-state index in [9.17, 15) is 9.59 Å².